The molecule has 0 aliphatic heterocycles. The lowest BCUT2D eigenvalue weighted by Crippen LogP contribution is -2.03. The quantitative estimate of drug-likeness (QED) is 0.851. The molecule has 1 heterocycles. The third kappa shape index (κ3) is 2.52. The van der Waals surface area contributed by atoms with Crippen LogP contribution in [0.25, 0.3) is 11.3 Å². The molecule has 0 fully saturated rings. The second kappa shape index (κ2) is 5.43. The zero-order valence-electron chi connectivity index (χ0n) is 10.9. The number of aromatic nitrogens is 2. The fourth-order valence-electron chi connectivity index (χ4n) is 1.68. The van der Waals surface area contributed by atoms with E-state index in [0.29, 0.717) is 17.2 Å². The highest BCUT2D eigenvalue weighted by atomic mass is 16.5. The summed E-state index contributed by atoms with van der Waals surface area (Å²) >= 11 is 0. The molecule has 1 aromatic carbocycles. The minimum absolute atomic E-state index is 0.141. The van der Waals surface area contributed by atoms with Gasteiger partial charge in [-0.15, -0.1) is 0 Å². The fourth-order valence-corrected chi connectivity index (χ4v) is 1.68. The Morgan fingerprint density at radius 2 is 2.00 bits per heavy atom. The second-order valence-electron chi connectivity index (χ2n) is 3.70. The highest BCUT2D eigenvalue weighted by molar-refractivity contribution is 5.86. The van der Waals surface area contributed by atoms with Gasteiger partial charge in [-0.05, 0) is 18.2 Å². The Bertz CT molecular complexity index is 592. The summed E-state index contributed by atoms with van der Waals surface area (Å²) in [5, 5.41) is 0. The predicted octanol–water partition coefficient (Wildman–Crippen LogP) is 1.88. The lowest BCUT2D eigenvalue weighted by Gasteiger charge is -2.08. The van der Waals surface area contributed by atoms with Crippen LogP contribution in [0.15, 0.2) is 24.4 Å². The van der Waals surface area contributed by atoms with E-state index in [4.69, 9.17) is 9.47 Å². The topological polar surface area (TPSA) is 73.4 Å². The Balaban J connectivity index is 2.45. The highest BCUT2D eigenvalue weighted by Crippen LogP contribution is 2.32. The van der Waals surface area contributed by atoms with Gasteiger partial charge < -0.3 is 19.2 Å². The Morgan fingerprint density at radius 3 is 2.63 bits per heavy atom. The zero-order valence-corrected chi connectivity index (χ0v) is 10.9. The first-order valence-electron chi connectivity index (χ1n) is 5.55. The number of hydrogen-bond donors (Lipinski definition) is 1. The molecule has 2 rings (SSSR count). The molecule has 0 spiro atoms. The molecule has 0 radical (unpaired) electrons. The number of nitrogens with zero attached hydrogens (tertiary/aromatic N) is 1. The van der Waals surface area contributed by atoms with Crippen LogP contribution in [-0.2, 0) is 4.74 Å². The molecule has 0 aliphatic rings. The van der Waals surface area contributed by atoms with Crippen LogP contribution in [0, 0.1) is 0 Å². The lowest BCUT2D eigenvalue weighted by atomic mass is 10.1. The molecule has 0 saturated carbocycles. The minimum atomic E-state index is -0.520. The number of carbonyl (C=O) groups excluding carboxylic acids is 1. The van der Waals surface area contributed by atoms with E-state index in [-0.39, 0.29) is 5.82 Å². The number of carbonyl (C=O) groups is 1. The number of methoxy groups -OCH3 is 3. The van der Waals surface area contributed by atoms with Crippen molar-refractivity contribution in [2.45, 2.75) is 0 Å². The van der Waals surface area contributed by atoms with Gasteiger partial charge in [-0.3, -0.25) is 0 Å². The molecule has 0 bridgehead atoms. The number of esters is 1. The third-order valence-electron chi connectivity index (χ3n) is 2.65. The third-order valence-corrected chi connectivity index (χ3v) is 2.65. The summed E-state index contributed by atoms with van der Waals surface area (Å²) in [6.07, 6.45) is 1.55. The van der Waals surface area contributed by atoms with Gasteiger partial charge in [0.2, 0.25) is 5.82 Å². The van der Waals surface area contributed by atoms with E-state index < -0.39 is 5.97 Å². The number of benzene rings is 1. The number of imidazole rings is 1. The van der Waals surface area contributed by atoms with Crippen LogP contribution in [0.1, 0.15) is 10.6 Å². The zero-order chi connectivity index (χ0) is 13.8. The summed E-state index contributed by atoms with van der Waals surface area (Å²) in [7, 11) is 4.46. The number of aromatic amines is 1. The summed E-state index contributed by atoms with van der Waals surface area (Å²) in [6, 6.07) is 5.38. The molecule has 2 aromatic rings. The SMILES string of the molecule is COC(=O)c1ncc(-c2cc(OC)ccc2OC)[nH]1. The van der Waals surface area contributed by atoms with E-state index in [2.05, 4.69) is 14.7 Å². The number of ether oxygens (including phenoxy) is 3. The maximum absolute atomic E-state index is 11.4. The van der Waals surface area contributed by atoms with Crippen LogP contribution in [-0.4, -0.2) is 37.3 Å². The van der Waals surface area contributed by atoms with Crippen molar-refractivity contribution >= 4 is 5.97 Å². The molecule has 0 aliphatic carbocycles. The predicted molar refractivity (Wildman–Crippen MR) is 68.5 cm³/mol. The van der Waals surface area contributed by atoms with Gasteiger partial charge in [0.25, 0.3) is 0 Å². The maximum atomic E-state index is 11.4. The van der Waals surface area contributed by atoms with Crippen LogP contribution in [0.2, 0.25) is 0 Å². The Hall–Kier alpha value is -2.50. The van der Waals surface area contributed by atoms with Crippen molar-refractivity contribution in [3.05, 3.63) is 30.2 Å². The van der Waals surface area contributed by atoms with Gasteiger partial charge in [-0.25, -0.2) is 9.78 Å². The molecule has 0 amide bonds. The van der Waals surface area contributed by atoms with Gasteiger partial charge in [0, 0.05) is 5.56 Å². The van der Waals surface area contributed by atoms with Crippen molar-refractivity contribution < 1.29 is 19.0 Å². The van der Waals surface area contributed by atoms with Gasteiger partial charge in [0.05, 0.1) is 33.2 Å². The molecular weight excluding hydrogens is 248 g/mol. The van der Waals surface area contributed by atoms with Crippen molar-refractivity contribution in [2.24, 2.45) is 0 Å². The van der Waals surface area contributed by atoms with Crippen molar-refractivity contribution in [2.75, 3.05) is 21.3 Å². The molecule has 0 saturated heterocycles. The second-order valence-corrected chi connectivity index (χ2v) is 3.70. The smallest absolute Gasteiger partial charge is 0.374 e. The maximum Gasteiger partial charge on any atom is 0.374 e. The van der Waals surface area contributed by atoms with Crippen LogP contribution in [0.4, 0.5) is 0 Å². The van der Waals surface area contributed by atoms with E-state index in [1.807, 2.05) is 0 Å². The monoisotopic (exact) mass is 262 g/mol. The highest BCUT2D eigenvalue weighted by Gasteiger charge is 2.14. The summed E-state index contributed by atoms with van der Waals surface area (Å²) in [6.45, 7) is 0. The largest absolute Gasteiger partial charge is 0.497 e. The molecule has 1 N–H and O–H groups in total. The summed E-state index contributed by atoms with van der Waals surface area (Å²) in [5.41, 5.74) is 1.40. The van der Waals surface area contributed by atoms with E-state index >= 15 is 0 Å². The molecule has 6 nitrogen and oxygen atoms in total. The van der Waals surface area contributed by atoms with Crippen LogP contribution < -0.4 is 9.47 Å². The van der Waals surface area contributed by atoms with E-state index in [1.165, 1.54) is 7.11 Å². The molecule has 6 heteroatoms. The van der Waals surface area contributed by atoms with E-state index in [1.54, 1.807) is 38.6 Å². The van der Waals surface area contributed by atoms with Crippen LogP contribution >= 0.6 is 0 Å². The standard InChI is InChI=1S/C13H14N2O4/c1-17-8-4-5-11(18-2)9(6-8)10-7-14-12(15-10)13(16)19-3/h4-7H,1-3H3,(H,14,15). The first-order chi connectivity index (χ1) is 9.19. The first kappa shape index (κ1) is 12.9. The minimum Gasteiger partial charge on any atom is -0.497 e. The molecule has 19 heavy (non-hydrogen) atoms. The van der Waals surface area contributed by atoms with Gasteiger partial charge in [0.15, 0.2) is 0 Å². The summed E-state index contributed by atoms with van der Waals surface area (Å²) in [5.74, 6) is 0.960. The lowest BCUT2D eigenvalue weighted by molar-refractivity contribution is 0.0588. The Morgan fingerprint density at radius 1 is 1.21 bits per heavy atom. The van der Waals surface area contributed by atoms with Gasteiger partial charge >= 0.3 is 5.97 Å². The molecule has 1 aromatic heterocycles. The van der Waals surface area contributed by atoms with Crippen molar-refractivity contribution in [1.29, 1.82) is 0 Å². The number of nitrogens with one attached hydrogen (secondary N) is 1. The Labute approximate surface area is 110 Å². The molecule has 100 valence electrons. The van der Waals surface area contributed by atoms with Gasteiger partial charge in [-0.2, -0.15) is 0 Å². The average Bonchev–Trinajstić information content (AvgIpc) is 2.95. The van der Waals surface area contributed by atoms with Gasteiger partial charge in [-0.1, -0.05) is 0 Å². The molecule has 0 unspecified atom stereocenters. The average molecular weight is 262 g/mol. The normalized spacial score (nSPS) is 10.1. The van der Waals surface area contributed by atoms with Crippen LogP contribution in [0.5, 0.6) is 11.5 Å². The molecule has 0 atom stereocenters. The van der Waals surface area contributed by atoms with Crippen LogP contribution in [0.3, 0.4) is 0 Å². The van der Waals surface area contributed by atoms with Crippen molar-refractivity contribution in [1.82, 2.24) is 9.97 Å². The van der Waals surface area contributed by atoms with E-state index in [0.717, 1.165) is 5.56 Å². The first-order valence-corrected chi connectivity index (χ1v) is 5.55. The number of H-pyrrole nitrogens is 1. The van der Waals surface area contributed by atoms with Crippen molar-refractivity contribution in [3.8, 4) is 22.8 Å². The number of rotatable bonds is 4. The molecular formula is C13H14N2O4. The summed E-state index contributed by atoms with van der Waals surface area (Å²) in [4.78, 5) is 18.2. The Kier molecular flexibility index (Phi) is 3.70. The summed E-state index contributed by atoms with van der Waals surface area (Å²) < 4.78 is 15.0. The number of hydrogen-bond acceptors (Lipinski definition) is 5. The van der Waals surface area contributed by atoms with E-state index in [9.17, 15) is 4.79 Å². The van der Waals surface area contributed by atoms with Crippen molar-refractivity contribution in [3.63, 3.8) is 0 Å². The fraction of sp³-hybridized carbons (Fsp3) is 0.231. The van der Waals surface area contributed by atoms with Gasteiger partial charge in [0.1, 0.15) is 11.5 Å².